The van der Waals surface area contributed by atoms with E-state index in [1.54, 1.807) is 24.4 Å². The Kier molecular flexibility index (Phi) is 8.44. The van der Waals surface area contributed by atoms with E-state index in [-0.39, 0.29) is 22.9 Å². The molecule has 0 saturated heterocycles. The summed E-state index contributed by atoms with van der Waals surface area (Å²) in [6, 6.07) is 7.91. The zero-order chi connectivity index (χ0) is 27.3. The Morgan fingerprint density at radius 3 is 2.42 bits per heavy atom. The van der Waals surface area contributed by atoms with E-state index in [2.05, 4.69) is 25.9 Å². The smallest absolute Gasteiger partial charge is 0.324 e. The van der Waals surface area contributed by atoms with Gasteiger partial charge in [0.25, 0.3) is 0 Å². The van der Waals surface area contributed by atoms with Gasteiger partial charge in [0.2, 0.25) is 5.91 Å². The van der Waals surface area contributed by atoms with Crippen molar-refractivity contribution in [2.24, 2.45) is 28.0 Å². The van der Waals surface area contributed by atoms with Crippen molar-refractivity contribution in [2.45, 2.75) is 59.3 Å². The van der Waals surface area contributed by atoms with Gasteiger partial charge in [0.05, 0.1) is 5.69 Å². The quantitative estimate of drug-likeness (QED) is 0.269. The minimum atomic E-state index is -0.582. The van der Waals surface area contributed by atoms with E-state index in [1.807, 2.05) is 32.9 Å². The Labute approximate surface area is 223 Å². The molecule has 2 fully saturated rings. The van der Waals surface area contributed by atoms with Crippen molar-refractivity contribution in [1.29, 1.82) is 0 Å². The summed E-state index contributed by atoms with van der Waals surface area (Å²) in [7, 11) is 0. The maximum atomic E-state index is 14.8. The monoisotopic (exact) mass is 520 g/mol. The van der Waals surface area contributed by atoms with Crippen molar-refractivity contribution < 1.29 is 14.0 Å². The average Bonchev–Trinajstić information content (AvgIpc) is 3.76. The van der Waals surface area contributed by atoms with Crippen LogP contribution in [0, 0.1) is 23.1 Å². The fourth-order valence-electron chi connectivity index (χ4n) is 3.66. The number of nitrogens with two attached hydrogens (primary N) is 1. The second kappa shape index (κ2) is 11.8. The summed E-state index contributed by atoms with van der Waals surface area (Å²) in [5.74, 6) is 1.05. The summed E-state index contributed by atoms with van der Waals surface area (Å²) in [4.78, 5) is 33.3. The fourth-order valence-corrected chi connectivity index (χ4v) is 3.66. The van der Waals surface area contributed by atoms with E-state index in [0.29, 0.717) is 42.7 Å². The Morgan fingerprint density at radius 1 is 1.08 bits per heavy atom. The molecule has 0 spiro atoms. The Bertz CT molecular complexity index is 1240. The number of benzene rings is 1. The number of amidine groups is 1. The minimum absolute atomic E-state index is 0.0128. The largest absolute Gasteiger partial charge is 0.401 e. The van der Waals surface area contributed by atoms with Crippen LogP contribution < -0.4 is 21.7 Å². The topological polar surface area (TPSA) is 122 Å². The Hall–Kier alpha value is -3.75. The van der Waals surface area contributed by atoms with Crippen LogP contribution in [-0.2, 0) is 17.6 Å². The number of carbonyl (C=O) groups excluding carboxylic acids is 2. The third kappa shape index (κ3) is 8.39. The number of nitrogens with one attached hydrogen (secondary N) is 3. The first-order valence-electron chi connectivity index (χ1n) is 13.2. The molecule has 3 amide bonds. The van der Waals surface area contributed by atoms with E-state index < -0.39 is 11.8 Å². The van der Waals surface area contributed by atoms with Crippen LogP contribution in [0.3, 0.4) is 0 Å². The predicted octanol–water partition coefficient (Wildman–Crippen LogP) is 5.17. The van der Waals surface area contributed by atoms with Gasteiger partial charge in [-0.1, -0.05) is 26.8 Å². The number of urea groups is 1. The van der Waals surface area contributed by atoms with Crippen LogP contribution in [0.1, 0.15) is 57.6 Å². The molecule has 2 aliphatic carbocycles. The molecule has 2 aromatic rings. The van der Waals surface area contributed by atoms with Gasteiger partial charge in [-0.2, -0.15) is 0 Å². The number of aliphatic imine (C=N–C) groups is 1. The normalized spacial score (nSPS) is 16.2. The number of pyridine rings is 1. The highest BCUT2D eigenvalue weighted by molar-refractivity contribution is 6.08. The van der Waals surface area contributed by atoms with E-state index in [9.17, 15) is 14.0 Å². The molecule has 1 aromatic carbocycles. The molecule has 2 saturated carbocycles. The minimum Gasteiger partial charge on any atom is -0.401 e. The number of aromatic nitrogens is 1. The molecule has 202 valence electrons. The van der Waals surface area contributed by atoms with Gasteiger partial charge >= 0.3 is 6.03 Å². The molecule has 1 heterocycles. The van der Waals surface area contributed by atoms with E-state index in [4.69, 9.17) is 5.73 Å². The summed E-state index contributed by atoms with van der Waals surface area (Å²) < 4.78 is 14.8. The number of allylic oxidation sites excluding steroid dienone is 1. The highest BCUT2D eigenvalue weighted by atomic mass is 19.1. The third-order valence-electron chi connectivity index (χ3n) is 6.62. The number of amides is 3. The van der Waals surface area contributed by atoms with Crippen LogP contribution >= 0.6 is 0 Å². The lowest BCUT2D eigenvalue weighted by Crippen LogP contribution is -2.35. The molecule has 0 unspecified atom stereocenters. The molecular weight excluding hydrogens is 483 g/mol. The van der Waals surface area contributed by atoms with Crippen molar-refractivity contribution in [3.05, 3.63) is 65.2 Å². The summed E-state index contributed by atoms with van der Waals surface area (Å²) in [6.07, 6.45) is 8.72. The summed E-state index contributed by atoms with van der Waals surface area (Å²) in [5, 5.41) is 8.13. The lowest BCUT2D eigenvalue weighted by atomic mass is 9.92. The molecule has 0 atom stereocenters. The lowest BCUT2D eigenvalue weighted by molar-refractivity contribution is -0.117. The van der Waals surface area contributed by atoms with Gasteiger partial charge in [0.15, 0.2) is 0 Å². The second-order valence-corrected chi connectivity index (χ2v) is 11.2. The van der Waals surface area contributed by atoms with Gasteiger partial charge in [-0.15, -0.1) is 0 Å². The predicted molar refractivity (Wildman–Crippen MR) is 148 cm³/mol. The number of hydrogen-bond donors (Lipinski definition) is 4. The van der Waals surface area contributed by atoms with Crippen molar-refractivity contribution in [1.82, 2.24) is 10.3 Å². The second-order valence-electron chi connectivity index (χ2n) is 11.2. The average molecular weight is 521 g/mol. The molecule has 2 aliphatic rings. The zero-order valence-electron chi connectivity index (χ0n) is 22.3. The van der Waals surface area contributed by atoms with Crippen LogP contribution in [0.15, 0.2) is 53.3 Å². The molecule has 1 aromatic heterocycles. The number of hydrogen-bond acceptors (Lipinski definition) is 5. The Morgan fingerprint density at radius 2 is 1.79 bits per heavy atom. The molecule has 9 heteroatoms. The number of anilines is 2. The first-order valence-corrected chi connectivity index (χ1v) is 13.2. The van der Waals surface area contributed by atoms with Crippen LogP contribution in [0.5, 0.6) is 0 Å². The third-order valence-corrected chi connectivity index (χ3v) is 6.62. The van der Waals surface area contributed by atoms with Crippen molar-refractivity contribution in [3.63, 3.8) is 0 Å². The first kappa shape index (κ1) is 27.3. The molecule has 5 N–H and O–H groups in total. The standard InChI is InChI=1S/C29H37FN6O2/c1-29(2,3)24(31)16-26(33-17-20-6-7-20)36-28(38)34-23-11-8-18(14-22(23)30)4-5-19-12-13-32-25(15-19)35-27(37)21-9-10-21/h8,11-16,20-21H,4-7,9-10,17,31H2,1-3H3,(H,32,35,37)(H2,33,34,36,38). The van der Waals surface area contributed by atoms with Crippen molar-refractivity contribution >= 4 is 29.3 Å². The summed E-state index contributed by atoms with van der Waals surface area (Å²) in [5.41, 5.74) is 8.37. The van der Waals surface area contributed by atoms with Crippen LogP contribution in [-0.4, -0.2) is 29.3 Å². The van der Waals surface area contributed by atoms with E-state index >= 15 is 0 Å². The van der Waals surface area contributed by atoms with Gasteiger partial charge in [0, 0.05) is 29.8 Å². The van der Waals surface area contributed by atoms with Gasteiger partial charge < -0.3 is 16.4 Å². The number of halogens is 1. The first-order chi connectivity index (χ1) is 18.1. The van der Waals surface area contributed by atoms with Crippen LogP contribution in [0.2, 0.25) is 0 Å². The summed E-state index contributed by atoms with van der Waals surface area (Å²) >= 11 is 0. The highest BCUT2D eigenvalue weighted by Gasteiger charge is 2.29. The van der Waals surface area contributed by atoms with Gasteiger partial charge in [0.1, 0.15) is 17.5 Å². The SMILES string of the molecule is CC(C)(C)C(N)=CC(=NCC1CC1)NC(=O)Nc1ccc(CCc2ccnc(NC(=O)C3CC3)c2)cc1F. The van der Waals surface area contributed by atoms with Crippen molar-refractivity contribution in [3.8, 4) is 0 Å². The fraction of sp³-hybridized carbons (Fsp3) is 0.448. The highest BCUT2D eigenvalue weighted by Crippen LogP contribution is 2.30. The van der Waals surface area contributed by atoms with Crippen LogP contribution in [0.4, 0.5) is 20.7 Å². The number of carbonyl (C=O) groups is 2. The zero-order valence-corrected chi connectivity index (χ0v) is 22.3. The van der Waals surface area contributed by atoms with E-state index in [0.717, 1.165) is 36.8 Å². The molecule has 0 aliphatic heterocycles. The molecule has 0 radical (unpaired) electrons. The summed E-state index contributed by atoms with van der Waals surface area (Å²) in [6.45, 7) is 6.57. The molecule has 0 bridgehead atoms. The number of rotatable bonds is 9. The van der Waals surface area contributed by atoms with Gasteiger partial charge in [-0.3, -0.25) is 15.1 Å². The molecule has 4 rings (SSSR count). The van der Waals surface area contributed by atoms with Gasteiger partial charge in [-0.25, -0.2) is 14.2 Å². The number of aryl methyl sites for hydroxylation is 2. The van der Waals surface area contributed by atoms with Crippen molar-refractivity contribution in [2.75, 3.05) is 17.2 Å². The molecule has 38 heavy (non-hydrogen) atoms. The Balaban J connectivity index is 1.33. The lowest BCUT2D eigenvalue weighted by Gasteiger charge is -2.19. The maximum absolute atomic E-state index is 14.8. The molecule has 8 nitrogen and oxygen atoms in total. The van der Waals surface area contributed by atoms with E-state index in [1.165, 1.54) is 6.07 Å². The number of nitrogens with zero attached hydrogens (tertiary/aromatic N) is 2. The van der Waals surface area contributed by atoms with Crippen LogP contribution in [0.25, 0.3) is 0 Å². The molecular formula is C29H37FN6O2. The van der Waals surface area contributed by atoms with Gasteiger partial charge in [-0.05, 0) is 85.9 Å². The maximum Gasteiger partial charge on any atom is 0.324 e.